The first-order valence-electron chi connectivity index (χ1n) is 8.12. The minimum atomic E-state index is -3.86. The predicted octanol–water partition coefficient (Wildman–Crippen LogP) is 1.75. The van der Waals surface area contributed by atoms with Gasteiger partial charge < -0.3 is 10.6 Å². The molecular weight excluding hydrogens is 392 g/mol. The molecule has 0 radical (unpaired) electrons. The monoisotopic (exact) mass is 408 g/mol. The van der Waals surface area contributed by atoms with E-state index in [4.69, 9.17) is 22.2 Å². The van der Waals surface area contributed by atoms with Gasteiger partial charge in [0.05, 0.1) is 4.90 Å². The summed E-state index contributed by atoms with van der Waals surface area (Å²) in [5.74, 6) is -0.807. The fraction of sp³-hybridized carbons (Fsp3) is 0.235. The van der Waals surface area contributed by atoms with Crippen LogP contribution in [0.3, 0.4) is 0 Å². The van der Waals surface area contributed by atoms with Gasteiger partial charge in [-0.3, -0.25) is 4.98 Å². The van der Waals surface area contributed by atoms with Crippen LogP contribution in [0.2, 0.25) is 5.02 Å². The molecule has 8 nitrogen and oxygen atoms in total. The average Bonchev–Trinajstić information content (AvgIpc) is 3.18. The number of rotatable bonds is 5. The Morgan fingerprint density at radius 3 is 2.70 bits per heavy atom. The number of carbonyl (C=O) groups excluding carboxylic acids is 1. The Kier molecular flexibility index (Phi) is 5.73. The van der Waals surface area contributed by atoms with Crippen molar-refractivity contribution < 1.29 is 18.0 Å². The van der Waals surface area contributed by atoms with Crippen LogP contribution in [-0.2, 0) is 19.7 Å². The van der Waals surface area contributed by atoms with E-state index in [2.05, 4.69) is 10.1 Å². The minimum absolute atomic E-state index is 0.0263. The van der Waals surface area contributed by atoms with Crippen LogP contribution in [0.5, 0.6) is 0 Å². The molecule has 0 spiro atoms. The van der Waals surface area contributed by atoms with E-state index >= 15 is 0 Å². The van der Waals surface area contributed by atoms with Gasteiger partial charge in [-0.15, -0.1) is 0 Å². The summed E-state index contributed by atoms with van der Waals surface area (Å²) in [6.45, 7) is 0.215. The standard InChI is InChI=1S/C17H17ClN4O4S/c18-13-5-7-14(8-6-13)27(24,25)22-10-2-4-15(22)17(23)26-21-16(19)12-3-1-9-20-11-12/h1,3,5-9,11,15H,2,4,10H2,(H2,19,21)/t15-/m0/s1. The Balaban J connectivity index is 1.75. The highest BCUT2D eigenvalue weighted by molar-refractivity contribution is 7.89. The fourth-order valence-corrected chi connectivity index (χ4v) is 4.50. The molecule has 1 aliphatic rings. The Bertz CT molecular complexity index is 949. The van der Waals surface area contributed by atoms with Crippen molar-refractivity contribution in [2.75, 3.05) is 6.54 Å². The predicted molar refractivity (Wildman–Crippen MR) is 99.4 cm³/mol. The third kappa shape index (κ3) is 4.26. The molecule has 0 unspecified atom stereocenters. The van der Waals surface area contributed by atoms with Crippen LogP contribution in [0.4, 0.5) is 0 Å². The summed E-state index contributed by atoms with van der Waals surface area (Å²) in [5.41, 5.74) is 6.24. The maximum Gasteiger partial charge on any atom is 0.353 e. The van der Waals surface area contributed by atoms with Crippen molar-refractivity contribution in [3.8, 4) is 0 Å². The molecule has 1 saturated heterocycles. The van der Waals surface area contributed by atoms with Crippen LogP contribution in [0.1, 0.15) is 18.4 Å². The Hall–Kier alpha value is -2.49. The first kappa shape index (κ1) is 19.3. The van der Waals surface area contributed by atoms with Gasteiger partial charge in [-0.1, -0.05) is 16.8 Å². The lowest BCUT2D eigenvalue weighted by molar-refractivity contribution is -0.147. The first-order chi connectivity index (χ1) is 12.9. The SMILES string of the molecule is N/C(=N\OC(=O)[C@@H]1CCCN1S(=O)(=O)c1ccc(Cl)cc1)c1cccnc1. The third-order valence-electron chi connectivity index (χ3n) is 4.09. The summed E-state index contributed by atoms with van der Waals surface area (Å²) >= 11 is 5.81. The van der Waals surface area contributed by atoms with E-state index in [1.807, 2.05) is 0 Å². The van der Waals surface area contributed by atoms with Gasteiger partial charge in [0, 0.05) is 29.5 Å². The van der Waals surface area contributed by atoms with Crippen molar-refractivity contribution in [2.24, 2.45) is 10.9 Å². The fourth-order valence-electron chi connectivity index (χ4n) is 2.73. The zero-order chi connectivity index (χ0) is 19.4. The zero-order valence-corrected chi connectivity index (χ0v) is 15.7. The number of hydrogen-bond donors (Lipinski definition) is 1. The molecule has 10 heteroatoms. The second kappa shape index (κ2) is 8.03. The molecule has 1 fully saturated rings. The molecule has 1 aliphatic heterocycles. The van der Waals surface area contributed by atoms with Crippen molar-refractivity contribution >= 4 is 33.4 Å². The van der Waals surface area contributed by atoms with E-state index in [0.29, 0.717) is 23.4 Å². The molecule has 2 N–H and O–H groups in total. The molecule has 27 heavy (non-hydrogen) atoms. The van der Waals surface area contributed by atoms with Crippen LogP contribution in [-0.4, -0.2) is 42.1 Å². The van der Waals surface area contributed by atoms with Crippen molar-refractivity contribution in [2.45, 2.75) is 23.8 Å². The number of carbonyl (C=O) groups is 1. The van der Waals surface area contributed by atoms with Crippen molar-refractivity contribution in [3.05, 3.63) is 59.4 Å². The van der Waals surface area contributed by atoms with Gasteiger partial charge in [-0.05, 0) is 49.2 Å². The number of oxime groups is 1. The molecule has 142 valence electrons. The topological polar surface area (TPSA) is 115 Å². The zero-order valence-electron chi connectivity index (χ0n) is 14.2. The Labute approximate surface area is 161 Å². The molecule has 1 aromatic carbocycles. The minimum Gasteiger partial charge on any atom is -0.380 e. The van der Waals surface area contributed by atoms with Gasteiger partial charge in [0.1, 0.15) is 6.04 Å². The van der Waals surface area contributed by atoms with E-state index in [9.17, 15) is 13.2 Å². The second-order valence-corrected chi connectivity index (χ2v) is 8.18. The molecule has 1 aromatic heterocycles. The largest absolute Gasteiger partial charge is 0.380 e. The molecular formula is C17H17ClN4O4S. The van der Waals surface area contributed by atoms with Gasteiger partial charge in [-0.2, -0.15) is 4.31 Å². The smallest absolute Gasteiger partial charge is 0.353 e. The highest BCUT2D eigenvalue weighted by Crippen LogP contribution is 2.27. The molecule has 1 atom stereocenters. The number of halogens is 1. The summed E-state index contributed by atoms with van der Waals surface area (Å²) in [5, 5.41) is 4.03. The Morgan fingerprint density at radius 2 is 2.04 bits per heavy atom. The van der Waals surface area contributed by atoms with Crippen LogP contribution < -0.4 is 5.73 Å². The number of aromatic nitrogens is 1. The first-order valence-corrected chi connectivity index (χ1v) is 9.93. The molecule has 0 saturated carbocycles. The van der Waals surface area contributed by atoms with Crippen molar-refractivity contribution in [1.82, 2.24) is 9.29 Å². The quantitative estimate of drug-likeness (QED) is 0.349. The van der Waals surface area contributed by atoms with E-state index in [-0.39, 0.29) is 17.3 Å². The lowest BCUT2D eigenvalue weighted by Gasteiger charge is -2.21. The molecule has 0 bridgehead atoms. The summed E-state index contributed by atoms with van der Waals surface area (Å²) in [4.78, 5) is 21.2. The lowest BCUT2D eigenvalue weighted by Crippen LogP contribution is -2.41. The second-order valence-electron chi connectivity index (χ2n) is 5.86. The van der Waals surface area contributed by atoms with Crippen molar-refractivity contribution in [1.29, 1.82) is 0 Å². The number of benzene rings is 1. The normalized spacial score (nSPS) is 18.4. The van der Waals surface area contributed by atoms with Gasteiger partial charge in [-0.25, -0.2) is 13.2 Å². The highest BCUT2D eigenvalue weighted by atomic mass is 35.5. The number of sulfonamides is 1. The number of nitrogens with zero attached hydrogens (tertiary/aromatic N) is 3. The lowest BCUT2D eigenvalue weighted by atomic mass is 10.2. The molecule has 2 heterocycles. The highest BCUT2D eigenvalue weighted by Gasteiger charge is 2.40. The van der Waals surface area contributed by atoms with Crippen LogP contribution in [0, 0.1) is 0 Å². The molecule has 0 amide bonds. The summed E-state index contributed by atoms with van der Waals surface area (Å²) < 4.78 is 26.8. The van der Waals surface area contributed by atoms with Gasteiger partial charge in [0.15, 0.2) is 5.84 Å². The van der Waals surface area contributed by atoms with Crippen molar-refractivity contribution in [3.63, 3.8) is 0 Å². The number of pyridine rings is 1. The third-order valence-corrected chi connectivity index (χ3v) is 6.26. The molecule has 2 aromatic rings. The molecule has 3 rings (SSSR count). The van der Waals surface area contributed by atoms with Crippen LogP contribution >= 0.6 is 11.6 Å². The van der Waals surface area contributed by atoms with Crippen LogP contribution in [0.15, 0.2) is 58.8 Å². The maximum atomic E-state index is 12.8. The average molecular weight is 409 g/mol. The van der Waals surface area contributed by atoms with Gasteiger partial charge >= 0.3 is 5.97 Å². The number of amidine groups is 1. The summed E-state index contributed by atoms with van der Waals surface area (Å²) in [6.07, 6.45) is 3.92. The number of hydrogen-bond acceptors (Lipinski definition) is 6. The van der Waals surface area contributed by atoms with E-state index < -0.39 is 22.0 Å². The summed E-state index contributed by atoms with van der Waals surface area (Å²) in [6, 6.07) is 8.13. The van der Waals surface area contributed by atoms with E-state index in [1.165, 1.54) is 30.5 Å². The summed E-state index contributed by atoms with van der Waals surface area (Å²) in [7, 11) is -3.86. The van der Waals surface area contributed by atoms with E-state index in [0.717, 1.165) is 4.31 Å². The van der Waals surface area contributed by atoms with Crippen LogP contribution in [0.25, 0.3) is 0 Å². The van der Waals surface area contributed by atoms with E-state index in [1.54, 1.807) is 18.3 Å². The Morgan fingerprint density at radius 1 is 1.30 bits per heavy atom. The van der Waals surface area contributed by atoms with Gasteiger partial charge in [0.2, 0.25) is 10.0 Å². The van der Waals surface area contributed by atoms with Gasteiger partial charge in [0.25, 0.3) is 0 Å². The molecule has 0 aliphatic carbocycles. The number of nitrogens with two attached hydrogens (primary N) is 1. The maximum absolute atomic E-state index is 12.8.